The lowest BCUT2D eigenvalue weighted by Gasteiger charge is -2.08. The molecule has 0 radical (unpaired) electrons. The monoisotopic (exact) mass is 412 g/mol. The SMILES string of the molecule is CCOc1cccc2c1nc(CCl)n2-c1ccc(I)cc1. The van der Waals surface area contributed by atoms with Gasteiger partial charge in [-0.3, -0.25) is 4.57 Å². The van der Waals surface area contributed by atoms with Crippen LogP contribution >= 0.6 is 34.2 Å². The molecule has 0 aliphatic rings. The molecule has 0 fully saturated rings. The van der Waals surface area contributed by atoms with Gasteiger partial charge in [0.2, 0.25) is 0 Å². The van der Waals surface area contributed by atoms with Crippen LogP contribution in [-0.2, 0) is 5.88 Å². The fourth-order valence-electron chi connectivity index (χ4n) is 2.36. The van der Waals surface area contributed by atoms with Gasteiger partial charge in [0.15, 0.2) is 0 Å². The second-order valence-electron chi connectivity index (χ2n) is 4.53. The van der Waals surface area contributed by atoms with E-state index in [-0.39, 0.29) is 0 Å². The zero-order valence-corrected chi connectivity index (χ0v) is 14.4. The van der Waals surface area contributed by atoms with Crippen LogP contribution in [0.25, 0.3) is 16.7 Å². The van der Waals surface area contributed by atoms with Crippen LogP contribution in [0.4, 0.5) is 0 Å². The number of hydrogen-bond acceptors (Lipinski definition) is 2. The van der Waals surface area contributed by atoms with Gasteiger partial charge in [-0.1, -0.05) is 6.07 Å². The van der Waals surface area contributed by atoms with Crippen molar-refractivity contribution in [2.24, 2.45) is 0 Å². The molecule has 0 unspecified atom stereocenters. The summed E-state index contributed by atoms with van der Waals surface area (Å²) < 4.78 is 8.95. The van der Waals surface area contributed by atoms with Crippen LogP contribution in [0.1, 0.15) is 12.7 Å². The van der Waals surface area contributed by atoms with E-state index in [2.05, 4.69) is 56.4 Å². The summed E-state index contributed by atoms with van der Waals surface area (Å²) in [5, 5.41) is 0. The van der Waals surface area contributed by atoms with Gasteiger partial charge in [0.1, 0.15) is 17.1 Å². The minimum atomic E-state index is 0.353. The summed E-state index contributed by atoms with van der Waals surface area (Å²) in [6.45, 7) is 2.59. The fraction of sp³-hybridized carbons (Fsp3) is 0.188. The Bertz CT molecular complexity index is 768. The molecule has 3 nitrogen and oxygen atoms in total. The minimum absolute atomic E-state index is 0.353. The van der Waals surface area contributed by atoms with Gasteiger partial charge in [-0.25, -0.2) is 4.98 Å². The Morgan fingerprint density at radius 2 is 1.95 bits per heavy atom. The van der Waals surface area contributed by atoms with Crippen molar-refractivity contribution >= 4 is 45.2 Å². The summed E-state index contributed by atoms with van der Waals surface area (Å²) in [4.78, 5) is 4.65. The summed E-state index contributed by atoms with van der Waals surface area (Å²) in [5.41, 5.74) is 2.92. The molecule has 21 heavy (non-hydrogen) atoms. The van der Waals surface area contributed by atoms with E-state index in [1.165, 1.54) is 3.57 Å². The first kappa shape index (κ1) is 14.7. The van der Waals surface area contributed by atoms with Crippen LogP contribution in [0.15, 0.2) is 42.5 Å². The first-order valence-electron chi connectivity index (χ1n) is 6.69. The number of nitrogens with zero attached hydrogens (tertiary/aromatic N) is 2. The lowest BCUT2D eigenvalue weighted by Crippen LogP contribution is -1.99. The standard InChI is InChI=1S/C16H14ClIN2O/c1-2-21-14-5-3-4-13-16(14)19-15(10-17)20(13)12-8-6-11(18)7-9-12/h3-9H,2,10H2,1H3. The van der Waals surface area contributed by atoms with Crippen LogP contribution in [0.2, 0.25) is 0 Å². The van der Waals surface area contributed by atoms with Crippen molar-refractivity contribution in [1.29, 1.82) is 0 Å². The normalized spacial score (nSPS) is 11.0. The molecule has 0 spiro atoms. The number of ether oxygens (including phenoxy) is 1. The first-order valence-corrected chi connectivity index (χ1v) is 8.31. The Kier molecular flexibility index (Phi) is 4.35. The molecule has 1 aromatic heterocycles. The highest BCUT2D eigenvalue weighted by Gasteiger charge is 2.14. The highest BCUT2D eigenvalue weighted by atomic mass is 127. The molecule has 3 rings (SSSR count). The zero-order valence-electron chi connectivity index (χ0n) is 11.5. The molecule has 1 heterocycles. The van der Waals surface area contributed by atoms with Gasteiger partial charge in [-0.2, -0.15) is 0 Å². The highest BCUT2D eigenvalue weighted by molar-refractivity contribution is 14.1. The van der Waals surface area contributed by atoms with E-state index >= 15 is 0 Å². The van der Waals surface area contributed by atoms with E-state index in [0.29, 0.717) is 12.5 Å². The number of fused-ring (bicyclic) bond motifs is 1. The van der Waals surface area contributed by atoms with Gasteiger partial charge in [-0.15, -0.1) is 11.6 Å². The number of para-hydroxylation sites is 1. The maximum Gasteiger partial charge on any atom is 0.147 e. The summed E-state index contributed by atoms with van der Waals surface area (Å²) in [7, 11) is 0. The van der Waals surface area contributed by atoms with Gasteiger partial charge in [-0.05, 0) is 65.9 Å². The first-order chi connectivity index (χ1) is 10.2. The van der Waals surface area contributed by atoms with E-state index in [0.717, 1.165) is 28.3 Å². The molecule has 5 heteroatoms. The third kappa shape index (κ3) is 2.74. The predicted octanol–water partition coefficient (Wildman–Crippen LogP) is 4.77. The average Bonchev–Trinajstić information content (AvgIpc) is 2.88. The van der Waals surface area contributed by atoms with Crippen molar-refractivity contribution in [3.05, 3.63) is 51.9 Å². The van der Waals surface area contributed by atoms with Gasteiger partial charge in [0.05, 0.1) is 18.0 Å². The molecule has 0 amide bonds. The van der Waals surface area contributed by atoms with Crippen molar-refractivity contribution in [1.82, 2.24) is 9.55 Å². The number of hydrogen-bond donors (Lipinski definition) is 0. The third-order valence-electron chi connectivity index (χ3n) is 3.22. The van der Waals surface area contributed by atoms with E-state index < -0.39 is 0 Å². The number of aromatic nitrogens is 2. The predicted molar refractivity (Wildman–Crippen MR) is 94.5 cm³/mol. The van der Waals surface area contributed by atoms with Gasteiger partial charge in [0, 0.05) is 9.26 Å². The third-order valence-corrected chi connectivity index (χ3v) is 4.18. The zero-order chi connectivity index (χ0) is 14.8. The lowest BCUT2D eigenvalue weighted by molar-refractivity contribution is 0.343. The Hall–Kier alpha value is -1.27. The van der Waals surface area contributed by atoms with Crippen LogP contribution in [0.5, 0.6) is 5.75 Å². The summed E-state index contributed by atoms with van der Waals surface area (Å²) in [5.74, 6) is 1.97. The molecule has 0 bridgehead atoms. The van der Waals surface area contributed by atoms with Crippen LogP contribution in [0, 0.1) is 3.57 Å². The van der Waals surface area contributed by atoms with Crippen LogP contribution in [0.3, 0.4) is 0 Å². The van der Waals surface area contributed by atoms with E-state index in [9.17, 15) is 0 Å². The number of rotatable bonds is 4. The smallest absolute Gasteiger partial charge is 0.147 e. The van der Waals surface area contributed by atoms with Gasteiger partial charge in [0.25, 0.3) is 0 Å². The van der Waals surface area contributed by atoms with Crippen LogP contribution < -0.4 is 4.74 Å². The fourth-order valence-corrected chi connectivity index (χ4v) is 2.90. The highest BCUT2D eigenvalue weighted by Crippen LogP contribution is 2.29. The Morgan fingerprint density at radius 3 is 2.62 bits per heavy atom. The Morgan fingerprint density at radius 1 is 1.19 bits per heavy atom. The maximum atomic E-state index is 6.09. The van der Waals surface area contributed by atoms with Crippen molar-refractivity contribution < 1.29 is 4.74 Å². The molecule has 0 saturated carbocycles. The van der Waals surface area contributed by atoms with E-state index in [1.54, 1.807) is 0 Å². The largest absolute Gasteiger partial charge is 0.492 e. The number of imidazole rings is 1. The molecular weight excluding hydrogens is 399 g/mol. The molecule has 0 saturated heterocycles. The number of benzene rings is 2. The van der Waals surface area contributed by atoms with Crippen molar-refractivity contribution in [2.45, 2.75) is 12.8 Å². The molecule has 0 aliphatic heterocycles. The summed E-state index contributed by atoms with van der Waals surface area (Å²) in [6.07, 6.45) is 0. The molecular formula is C16H14ClIN2O. The van der Waals surface area contributed by atoms with Crippen molar-refractivity contribution in [3.8, 4) is 11.4 Å². The molecule has 3 aromatic rings. The summed E-state index contributed by atoms with van der Waals surface area (Å²) >= 11 is 8.38. The second-order valence-corrected chi connectivity index (χ2v) is 6.04. The summed E-state index contributed by atoms with van der Waals surface area (Å²) in [6, 6.07) is 14.3. The van der Waals surface area contributed by atoms with Crippen LogP contribution in [-0.4, -0.2) is 16.2 Å². The Labute approximate surface area is 142 Å². The molecule has 0 atom stereocenters. The molecule has 0 aliphatic carbocycles. The quantitative estimate of drug-likeness (QED) is 0.456. The molecule has 2 aromatic carbocycles. The van der Waals surface area contributed by atoms with E-state index in [4.69, 9.17) is 16.3 Å². The van der Waals surface area contributed by atoms with Crippen molar-refractivity contribution in [2.75, 3.05) is 6.61 Å². The topological polar surface area (TPSA) is 27.1 Å². The lowest BCUT2D eigenvalue weighted by atomic mass is 10.2. The van der Waals surface area contributed by atoms with E-state index in [1.807, 2.05) is 25.1 Å². The molecule has 108 valence electrons. The minimum Gasteiger partial charge on any atom is -0.492 e. The number of alkyl halides is 1. The Balaban J connectivity index is 2.25. The average molecular weight is 413 g/mol. The van der Waals surface area contributed by atoms with Gasteiger partial charge >= 0.3 is 0 Å². The number of halogens is 2. The van der Waals surface area contributed by atoms with Gasteiger partial charge < -0.3 is 4.74 Å². The van der Waals surface area contributed by atoms with Crippen molar-refractivity contribution in [3.63, 3.8) is 0 Å². The maximum absolute atomic E-state index is 6.09. The second kappa shape index (κ2) is 6.23. The molecule has 0 N–H and O–H groups in total.